The average molecular weight is 793 g/mol. The van der Waals surface area contributed by atoms with Crippen LogP contribution >= 0.6 is 0 Å². The van der Waals surface area contributed by atoms with Crippen molar-refractivity contribution in [1.82, 2.24) is 19.5 Å². The summed E-state index contributed by atoms with van der Waals surface area (Å²) >= 11 is 0. The van der Waals surface area contributed by atoms with Crippen LogP contribution in [0.15, 0.2) is 223 Å². The lowest BCUT2D eigenvalue weighted by Gasteiger charge is -2.13. The smallest absolute Gasteiger partial charge is 0.164 e. The molecule has 62 heavy (non-hydrogen) atoms. The zero-order chi connectivity index (χ0) is 41.0. The van der Waals surface area contributed by atoms with Crippen LogP contribution in [0.4, 0.5) is 0 Å². The maximum Gasteiger partial charge on any atom is 0.164 e. The van der Waals surface area contributed by atoms with Gasteiger partial charge in [0.05, 0.1) is 16.7 Å². The van der Waals surface area contributed by atoms with E-state index in [4.69, 9.17) is 19.4 Å². The maximum atomic E-state index is 7.04. The third kappa shape index (κ3) is 6.06. The first-order valence-electron chi connectivity index (χ1n) is 20.8. The van der Waals surface area contributed by atoms with Crippen molar-refractivity contribution in [1.29, 1.82) is 0 Å². The fourth-order valence-corrected chi connectivity index (χ4v) is 8.90. The van der Waals surface area contributed by atoms with E-state index >= 15 is 0 Å². The molecule has 0 spiro atoms. The summed E-state index contributed by atoms with van der Waals surface area (Å²) < 4.78 is 9.39. The fourth-order valence-electron chi connectivity index (χ4n) is 8.90. The minimum absolute atomic E-state index is 0.579. The van der Waals surface area contributed by atoms with E-state index in [-0.39, 0.29) is 0 Å². The van der Waals surface area contributed by atoms with Gasteiger partial charge in [0, 0.05) is 38.2 Å². The average Bonchev–Trinajstić information content (AvgIpc) is 3.91. The molecule has 0 aliphatic carbocycles. The standard InChI is InChI=1S/C57H36N4O/c1-4-16-37(17-5-1)38-30-32-39(33-31-38)42-22-14-23-43(34-42)44-35-48-53-47(57-59-55(40-18-6-2-7-19-40)58-56(60-57)41-20-8-3-9-21-41)26-15-29-52(53)62-54(48)51(36-44)61-49-27-12-10-24-45(49)46-25-11-13-28-50(46)61/h1-36H. The molecule has 0 aliphatic rings. The van der Waals surface area contributed by atoms with Crippen LogP contribution in [0.1, 0.15) is 0 Å². The van der Waals surface area contributed by atoms with Gasteiger partial charge in [0.15, 0.2) is 23.1 Å². The van der Waals surface area contributed by atoms with Crippen molar-refractivity contribution >= 4 is 43.7 Å². The molecule has 0 saturated heterocycles. The third-order valence-corrected chi connectivity index (χ3v) is 11.9. The highest BCUT2D eigenvalue weighted by Gasteiger charge is 2.23. The van der Waals surface area contributed by atoms with E-state index in [2.05, 4.69) is 150 Å². The molecule has 0 saturated carbocycles. The van der Waals surface area contributed by atoms with Gasteiger partial charge < -0.3 is 8.98 Å². The van der Waals surface area contributed by atoms with Gasteiger partial charge in [0.1, 0.15) is 5.58 Å². The first-order valence-corrected chi connectivity index (χ1v) is 20.8. The lowest BCUT2D eigenvalue weighted by Crippen LogP contribution is -2.00. The van der Waals surface area contributed by atoms with Gasteiger partial charge in [0.2, 0.25) is 0 Å². The Morgan fingerprint density at radius 2 is 0.790 bits per heavy atom. The number of nitrogens with zero attached hydrogens (tertiary/aromatic N) is 4. The van der Waals surface area contributed by atoms with Crippen molar-refractivity contribution in [3.8, 4) is 73.2 Å². The second kappa shape index (κ2) is 14.7. The highest BCUT2D eigenvalue weighted by molar-refractivity contribution is 6.17. The van der Waals surface area contributed by atoms with Crippen molar-refractivity contribution < 1.29 is 4.42 Å². The van der Waals surface area contributed by atoms with Gasteiger partial charge in [-0.25, -0.2) is 15.0 Å². The monoisotopic (exact) mass is 792 g/mol. The summed E-state index contributed by atoms with van der Waals surface area (Å²) in [6.45, 7) is 0. The van der Waals surface area contributed by atoms with Crippen LogP contribution < -0.4 is 0 Å². The first kappa shape index (κ1) is 35.5. The highest BCUT2D eigenvalue weighted by Crippen LogP contribution is 2.44. The van der Waals surface area contributed by atoms with Crippen molar-refractivity contribution in [2.24, 2.45) is 0 Å². The van der Waals surface area contributed by atoms with Crippen LogP contribution in [0.2, 0.25) is 0 Å². The SMILES string of the molecule is c1ccc(-c2ccc(-c3cccc(-c4cc(-n5c6ccccc6c6ccccc65)c5oc6cccc(-c7nc(-c8ccccc8)nc(-c8ccccc8)n7)c6c5c4)c3)cc2)cc1. The van der Waals surface area contributed by atoms with E-state index in [9.17, 15) is 0 Å². The molecule has 290 valence electrons. The summed E-state index contributed by atoms with van der Waals surface area (Å²) in [7, 11) is 0. The topological polar surface area (TPSA) is 56.7 Å². The molecular formula is C57H36N4O. The van der Waals surface area contributed by atoms with Crippen molar-refractivity contribution in [2.75, 3.05) is 0 Å². The lowest BCUT2D eigenvalue weighted by molar-refractivity contribution is 0.666. The number of rotatable bonds is 7. The summed E-state index contributed by atoms with van der Waals surface area (Å²) in [6.07, 6.45) is 0. The molecule has 12 rings (SSSR count). The van der Waals surface area contributed by atoms with Gasteiger partial charge in [-0.1, -0.05) is 182 Å². The molecule has 0 fully saturated rings. The summed E-state index contributed by atoms with van der Waals surface area (Å²) in [5, 5.41) is 4.30. The molecule has 0 unspecified atom stereocenters. The van der Waals surface area contributed by atoms with Gasteiger partial charge in [-0.05, 0) is 69.8 Å². The van der Waals surface area contributed by atoms with Gasteiger partial charge in [0.25, 0.3) is 0 Å². The summed E-state index contributed by atoms with van der Waals surface area (Å²) in [6, 6.07) is 76.4. The van der Waals surface area contributed by atoms with Crippen LogP contribution in [0.3, 0.4) is 0 Å². The van der Waals surface area contributed by atoms with E-state index in [1.165, 1.54) is 21.9 Å². The largest absolute Gasteiger partial charge is 0.454 e. The van der Waals surface area contributed by atoms with E-state index in [1.807, 2.05) is 72.8 Å². The third-order valence-electron chi connectivity index (χ3n) is 11.9. The molecule has 5 heteroatoms. The van der Waals surface area contributed by atoms with Crippen molar-refractivity contribution in [3.05, 3.63) is 218 Å². The molecule has 5 nitrogen and oxygen atoms in total. The molecular weight excluding hydrogens is 757 g/mol. The highest BCUT2D eigenvalue weighted by atomic mass is 16.3. The van der Waals surface area contributed by atoms with Crippen LogP contribution in [0.5, 0.6) is 0 Å². The molecule has 3 heterocycles. The molecule has 0 N–H and O–H groups in total. The van der Waals surface area contributed by atoms with Gasteiger partial charge in [-0.3, -0.25) is 0 Å². The zero-order valence-corrected chi connectivity index (χ0v) is 33.5. The Hall–Kier alpha value is -8.41. The van der Waals surface area contributed by atoms with Crippen LogP contribution in [0.25, 0.3) is 117 Å². The van der Waals surface area contributed by atoms with Crippen LogP contribution in [-0.2, 0) is 0 Å². The molecule has 0 atom stereocenters. The summed E-state index contributed by atoms with van der Waals surface area (Å²) in [5.74, 6) is 1.80. The normalized spacial score (nSPS) is 11.5. The van der Waals surface area contributed by atoms with E-state index in [1.54, 1.807) is 0 Å². The predicted octanol–water partition coefficient (Wildman–Crippen LogP) is 14.9. The van der Waals surface area contributed by atoms with Crippen molar-refractivity contribution in [2.45, 2.75) is 0 Å². The Balaban J connectivity index is 1.11. The number of furan rings is 1. The van der Waals surface area contributed by atoms with Gasteiger partial charge in [-0.2, -0.15) is 0 Å². The van der Waals surface area contributed by atoms with E-state index in [0.717, 1.165) is 77.6 Å². The van der Waals surface area contributed by atoms with Crippen molar-refractivity contribution in [3.63, 3.8) is 0 Å². The summed E-state index contributed by atoms with van der Waals surface area (Å²) in [4.78, 5) is 15.3. The summed E-state index contributed by atoms with van der Waals surface area (Å²) in [5.41, 5.74) is 14.3. The maximum absolute atomic E-state index is 7.04. The number of aromatic nitrogens is 4. The van der Waals surface area contributed by atoms with Gasteiger partial charge in [-0.15, -0.1) is 0 Å². The Labute approximate surface area is 357 Å². The molecule has 0 aliphatic heterocycles. The predicted molar refractivity (Wildman–Crippen MR) is 254 cm³/mol. The number of hydrogen-bond acceptors (Lipinski definition) is 4. The minimum Gasteiger partial charge on any atom is -0.454 e. The Bertz CT molecular complexity index is 3500. The Morgan fingerprint density at radius 3 is 1.40 bits per heavy atom. The molecule has 0 bridgehead atoms. The second-order valence-electron chi connectivity index (χ2n) is 15.6. The quantitative estimate of drug-likeness (QED) is 0.161. The number of benzene rings is 9. The van der Waals surface area contributed by atoms with Crippen LogP contribution in [-0.4, -0.2) is 19.5 Å². The van der Waals surface area contributed by atoms with E-state index in [0.29, 0.717) is 17.5 Å². The van der Waals surface area contributed by atoms with E-state index < -0.39 is 0 Å². The second-order valence-corrected chi connectivity index (χ2v) is 15.6. The Kier molecular flexibility index (Phi) is 8.42. The molecule has 0 radical (unpaired) electrons. The molecule has 9 aromatic carbocycles. The first-order chi connectivity index (χ1) is 30.7. The number of hydrogen-bond donors (Lipinski definition) is 0. The number of para-hydroxylation sites is 2. The zero-order valence-electron chi connectivity index (χ0n) is 33.5. The Morgan fingerprint density at radius 1 is 0.323 bits per heavy atom. The number of fused-ring (bicyclic) bond motifs is 6. The molecule has 3 aromatic heterocycles. The molecule has 12 aromatic rings. The lowest BCUT2D eigenvalue weighted by atomic mass is 9.95. The van der Waals surface area contributed by atoms with Crippen LogP contribution in [0, 0.1) is 0 Å². The fraction of sp³-hybridized carbons (Fsp3) is 0. The molecule has 0 amide bonds. The minimum atomic E-state index is 0.579. The van der Waals surface area contributed by atoms with Gasteiger partial charge >= 0.3 is 0 Å².